The van der Waals surface area contributed by atoms with E-state index in [9.17, 15) is 4.79 Å². The highest BCUT2D eigenvalue weighted by Crippen LogP contribution is 2.32. The zero-order valence-corrected chi connectivity index (χ0v) is 19.5. The lowest BCUT2D eigenvalue weighted by Gasteiger charge is -2.32. The number of carbonyl (C=O) groups excluding carboxylic acids is 1. The van der Waals surface area contributed by atoms with Crippen molar-refractivity contribution >= 4 is 34.1 Å². The molecule has 10 nitrogen and oxygen atoms in total. The minimum Gasteiger partial charge on any atom is -0.494 e. The molecule has 3 N–H and O–H groups in total. The molecule has 11 heteroatoms. The summed E-state index contributed by atoms with van der Waals surface area (Å²) in [5, 5.41) is 13.2. The van der Waals surface area contributed by atoms with Gasteiger partial charge in [0.2, 0.25) is 0 Å². The highest BCUT2D eigenvalue weighted by molar-refractivity contribution is 6.30. The molecule has 6 rings (SSSR count). The normalized spacial score (nSPS) is 17.5. The van der Waals surface area contributed by atoms with Gasteiger partial charge in [0.05, 0.1) is 35.5 Å². The van der Waals surface area contributed by atoms with Crippen molar-refractivity contribution < 1.29 is 9.53 Å². The average Bonchev–Trinajstić information content (AvgIpc) is 3.44. The highest BCUT2D eigenvalue weighted by atomic mass is 35.5. The molecule has 0 radical (unpaired) electrons. The zero-order chi connectivity index (χ0) is 24.1. The Kier molecular flexibility index (Phi) is 5.12. The van der Waals surface area contributed by atoms with Crippen molar-refractivity contribution in [3.05, 3.63) is 65.8 Å². The predicted octanol–water partition coefficient (Wildman–Crippen LogP) is 3.01. The van der Waals surface area contributed by atoms with Crippen LogP contribution in [0.5, 0.6) is 5.75 Å². The molecule has 1 amide bonds. The van der Waals surface area contributed by atoms with Crippen LogP contribution in [0.15, 0.2) is 55.1 Å². The van der Waals surface area contributed by atoms with Gasteiger partial charge in [-0.05, 0) is 43.2 Å². The smallest absolute Gasteiger partial charge is 0.272 e. The van der Waals surface area contributed by atoms with Crippen molar-refractivity contribution in [3.63, 3.8) is 0 Å². The molecule has 0 aliphatic heterocycles. The van der Waals surface area contributed by atoms with E-state index in [1.807, 2.05) is 12.3 Å². The van der Waals surface area contributed by atoms with Crippen molar-refractivity contribution in [1.29, 1.82) is 0 Å². The van der Waals surface area contributed by atoms with Crippen LogP contribution >= 0.6 is 11.6 Å². The van der Waals surface area contributed by atoms with Crippen LogP contribution in [-0.2, 0) is 0 Å². The lowest BCUT2D eigenvalue weighted by Crippen LogP contribution is -2.50. The third kappa shape index (κ3) is 3.67. The molecular weight excluding hydrogens is 468 g/mol. The molecule has 5 aromatic rings. The van der Waals surface area contributed by atoms with Crippen molar-refractivity contribution in [2.24, 2.45) is 5.73 Å². The Morgan fingerprint density at radius 3 is 2.89 bits per heavy atom. The van der Waals surface area contributed by atoms with Crippen LogP contribution in [0.25, 0.3) is 33.5 Å². The fraction of sp³-hybridized carbons (Fsp3) is 0.208. The number of amides is 1. The van der Waals surface area contributed by atoms with Crippen LogP contribution in [-0.4, -0.2) is 54.5 Å². The minimum atomic E-state index is -0.279. The molecule has 1 aliphatic carbocycles. The lowest BCUT2D eigenvalue weighted by atomic mass is 9.87. The summed E-state index contributed by atoms with van der Waals surface area (Å²) >= 11 is 6.31. The number of fused-ring (bicyclic) bond motifs is 2. The molecule has 1 fully saturated rings. The van der Waals surface area contributed by atoms with Crippen LogP contribution in [0.1, 0.15) is 23.3 Å². The third-order valence-electron chi connectivity index (χ3n) is 6.21. The van der Waals surface area contributed by atoms with E-state index in [1.165, 1.54) is 0 Å². The molecule has 1 aromatic carbocycles. The monoisotopic (exact) mass is 488 g/mol. The first-order valence-electron chi connectivity index (χ1n) is 11.1. The number of benzene rings is 1. The maximum Gasteiger partial charge on any atom is 0.272 e. The summed E-state index contributed by atoms with van der Waals surface area (Å²) in [5.74, 6) is 0.283. The number of aromatic nitrogens is 6. The molecule has 1 aliphatic rings. The van der Waals surface area contributed by atoms with E-state index in [1.54, 1.807) is 59.2 Å². The van der Waals surface area contributed by atoms with Crippen molar-refractivity contribution in [1.82, 2.24) is 34.7 Å². The molecule has 4 aromatic heterocycles. The van der Waals surface area contributed by atoms with Gasteiger partial charge in [-0.25, -0.2) is 14.2 Å². The lowest BCUT2D eigenvalue weighted by molar-refractivity contribution is 0.0906. The number of halogens is 1. The average molecular weight is 489 g/mol. The maximum absolute atomic E-state index is 13.2. The molecule has 0 unspecified atom stereocenters. The molecular formula is C24H21ClN8O2. The van der Waals surface area contributed by atoms with E-state index in [0.717, 1.165) is 18.4 Å². The quantitative estimate of drug-likeness (QED) is 0.389. The summed E-state index contributed by atoms with van der Waals surface area (Å²) in [7, 11) is 1.57. The second-order valence-corrected chi connectivity index (χ2v) is 8.95. The zero-order valence-electron chi connectivity index (χ0n) is 18.7. The minimum absolute atomic E-state index is 0.0375. The van der Waals surface area contributed by atoms with Gasteiger partial charge in [-0.1, -0.05) is 11.6 Å². The Labute approximate surface area is 204 Å². The Balaban J connectivity index is 1.53. The van der Waals surface area contributed by atoms with Gasteiger partial charge in [0, 0.05) is 35.7 Å². The number of carbonyl (C=O) groups is 1. The van der Waals surface area contributed by atoms with Gasteiger partial charge < -0.3 is 15.8 Å². The number of hydrogen-bond donors (Lipinski definition) is 2. The number of nitrogens with one attached hydrogen (secondary N) is 1. The number of nitrogens with zero attached hydrogens (tertiary/aromatic N) is 6. The number of methoxy groups -OCH3 is 1. The van der Waals surface area contributed by atoms with Gasteiger partial charge in [0.25, 0.3) is 5.91 Å². The maximum atomic E-state index is 13.2. The second-order valence-electron chi connectivity index (χ2n) is 8.51. The Morgan fingerprint density at radius 2 is 2.09 bits per heavy atom. The molecule has 4 heterocycles. The Hall–Kier alpha value is -4.02. The summed E-state index contributed by atoms with van der Waals surface area (Å²) in [6, 6.07) is 9.07. The fourth-order valence-corrected chi connectivity index (χ4v) is 4.55. The van der Waals surface area contributed by atoms with Crippen molar-refractivity contribution in [2.75, 3.05) is 7.11 Å². The van der Waals surface area contributed by atoms with Crippen molar-refractivity contribution in [3.8, 4) is 22.7 Å². The first-order chi connectivity index (χ1) is 17.0. The fourth-order valence-electron chi connectivity index (χ4n) is 4.38. The van der Waals surface area contributed by atoms with Gasteiger partial charge in [0.1, 0.15) is 11.4 Å². The highest BCUT2D eigenvalue weighted by Gasteiger charge is 2.29. The van der Waals surface area contributed by atoms with E-state index in [2.05, 4.69) is 25.5 Å². The molecule has 1 saturated carbocycles. The van der Waals surface area contributed by atoms with Gasteiger partial charge in [-0.2, -0.15) is 10.2 Å². The molecule has 176 valence electrons. The Bertz CT molecular complexity index is 1590. The number of rotatable bonds is 5. The van der Waals surface area contributed by atoms with Crippen LogP contribution in [0.2, 0.25) is 5.02 Å². The van der Waals surface area contributed by atoms with Crippen LogP contribution in [0.4, 0.5) is 0 Å². The molecule has 0 saturated heterocycles. The summed E-state index contributed by atoms with van der Waals surface area (Å²) in [5.41, 5.74) is 9.49. The Morgan fingerprint density at radius 1 is 1.23 bits per heavy atom. The van der Waals surface area contributed by atoms with E-state index in [0.29, 0.717) is 38.7 Å². The number of ether oxygens (including phenoxy) is 1. The molecule has 0 spiro atoms. The summed E-state index contributed by atoms with van der Waals surface area (Å²) in [6.45, 7) is 0. The first kappa shape index (κ1) is 21.5. The summed E-state index contributed by atoms with van der Waals surface area (Å²) in [6.07, 6.45) is 8.38. The second kappa shape index (κ2) is 8.33. The van der Waals surface area contributed by atoms with Crippen LogP contribution in [0.3, 0.4) is 0 Å². The predicted molar refractivity (Wildman–Crippen MR) is 131 cm³/mol. The number of nitrogens with two attached hydrogens (primary N) is 1. The van der Waals surface area contributed by atoms with Gasteiger partial charge in [0.15, 0.2) is 11.3 Å². The summed E-state index contributed by atoms with van der Waals surface area (Å²) < 4.78 is 8.90. The first-order valence-corrected chi connectivity index (χ1v) is 11.5. The van der Waals surface area contributed by atoms with Gasteiger partial charge in [-0.3, -0.25) is 9.78 Å². The van der Waals surface area contributed by atoms with Gasteiger partial charge in [-0.15, -0.1) is 0 Å². The largest absolute Gasteiger partial charge is 0.494 e. The van der Waals surface area contributed by atoms with Crippen LogP contribution in [0, 0.1) is 0 Å². The standard InChI is InChI=1S/C24H21ClN8O2/c1-35-21-4-3-13(25)7-20(21)33-19-10-18(16-12-29-32-6-2-5-27-23(16)32)28-11-17(19)22(31-33)24(34)30-15-8-14(26)9-15/h2-7,10-12,14-15H,8-9,26H2,1H3,(H,30,34). The SMILES string of the molecule is COc1ccc(Cl)cc1-n1nc(C(=O)NC2CC(N)C2)c2cnc(-c3cnn4cccnc34)cc21. The molecule has 35 heavy (non-hydrogen) atoms. The third-order valence-corrected chi connectivity index (χ3v) is 6.45. The van der Waals surface area contributed by atoms with E-state index in [4.69, 9.17) is 22.1 Å². The number of hydrogen-bond acceptors (Lipinski definition) is 7. The topological polar surface area (TPSA) is 125 Å². The van der Waals surface area contributed by atoms with Crippen molar-refractivity contribution in [2.45, 2.75) is 24.9 Å². The molecule has 0 bridgehead atoms. The van der Waals surface area contributed by atoms with E-state index in [-0.39, 0.29) is 23.7 Å². The van der Waals surface area contributed by atoms with Gasteiger partial charge >= 0.3 is 0 Å². The van der Waals surface area contributed by atoms with Crippen LogP contribution < -0.4 is 15.8 Å². The van der Waals surface area contributed by atoms with E-state index >= 15 is 0 Å². The van der Waals surface area contributed by atoms with E-state index < -0.39 is 0 Å². The number of pyridine rings is 1. The molecule has 0 atom stereocenters. The summed E-state index contributed by atoms with van der Waals surface area (Å²) in [4.78, 5) is 22.2.